The number of nitro groups is 1. The Morgan fingerprint density at radius 2 is 2.04 bits per heavy atom. The van der Waals surface area contributed by atoms with Crippen LogP contribution in [0, 0.1) is 10.1 Å². The van der Waals surface area contributed by atoms with Crippen LogP contribution >= 0.6 is 11.3 Å². The summed E-state index contributed by atoms with van der Waals surface area (Å²) < 4.78 is 6.35. The number of aromatic nitrogens is 1. The van der Waals surface area contributed by atoms with Crippen molar-refractivity contribution in [2.75, 3.05) is 36.5 Å². The van der Waals surface area contributed by atoms with Crippen LogP contribution < -0.4 is 10.2 Å². The fourth-order valence-electron chi connectivity index (χ4n) is 3.10. The Kier molecular flexibility index (Phi) is 5.18. The molecule has 144 valence electrons. The Hall–Kier alpha value is -3.04. The third-order valence-corrected chi connectivity index (χ3v) is 5.56. The lowest BCUT2D eigenvalue weighted by Crippen LogP contribution is -2.36. The van der Waals surface area contributed by atoms with Gasteiger partial charge in [-0.3, -0.25) is 14.9 Å². The first-order chi connectivity index (χ1) is 13.6. The normalized spacial score (nSPS) is 14.2. The molecule has 0 spiro atoms. The quantitative estimate of drug-likeness (QED) is 0.523. The van der Waals surface area contributed by atoms with Crippen LogP contribution in [0.1, 0.15) is 5.56 Å². The fraction of sp³-hybridized carbons (Fsp3) is 0.263. The van der Waals surface area contributed by atoms with Gasteiger partial charge in [-0.05, 0) is 18.2 Å². The summed E-state index contributed by atoms with van der Waals surface area (Å²) in [5.74, 6) is -0.299. The van der Waals surface area contributed by atoms with Gasteiger partial charge in [0.25, 0.3) is 5.69 Å². The molecule has 8 nitrogen and oxygen atoms in total. The van der Waals surface area contributed by atoms with Crippen LogP contribution in [0.3, 0.4) is 0 Å². The number of hydrogen-bond donors (Lipinski definition) is 1. The van der Waals surface area contributed by atoms with E-state index in [1.807, 2.05) is 12.1 Å². The van der Waals surface area contributed by atoms with Crippen molar-refractivity contribution in [3.05, 3.63) is 58.1 Å². The Bertz CT molecular complexity index is 1030. The molecule has 0 radical (unpaired) electrons. The number of nitro benzene ring substituents is 1. The highest BCUT2D eigenvalue weighted by atomic mass is 32.1. The third kappa shape index (κ3) is 3.95. The number of morpholine rings is 1. The number of thiazole rings is 1. The molecule has 28 heavy (non-hydrogen) atoms. The minimum absolute atomic E-state index is 0.0503. The Balaban J connectivity index is 1.48. The Morgan fingerprint density at radius 3 is 2.82 bits per heavy atom. The Morgan fingerprint density at radius 1 is 1.25 bits per heavy atom. The molecule has 1 fully saturated rings. The summed E-state index contributed by atoms with van der Waals surface area (Å²) in [7, 11) is 0. The van der Waals surface area contributed by atoms with Gasteiger partial charge in [0.1, 0.15) is 0 Å². The van der Waals surface area contributed by atoms with Crippen LogP contribution in [0.2, 0.25) is 0 Å². The molecule has 1 amide bonds. The number of nitrogens with one attached hydrogen (secondary N) is 1. The monoisotopic (exact) mass is 398 g/mol. The maximum absolute atomic E-state index is 12.4. The van der Waals surface area contributed by atoms with E-state index in [9.17, 15) is 14.9 Å². The molecule has 3 aromatic rings. The minimum Gasteiger partial charge on any atom is -0.378 e. The highest BCUT2D eigenvalue weighted by Gasteiger charge is 2.17. The van der Waals surface area contributed by atoms with Crippen molar-refractivity contribution in [3.63, 3.8) is 0 Å². The number of hydrogen-bond acceptors (Lipinski definition) is 7. The number of nitrogens with zero attached hydrogens (tertiary/aromatic N) is 3. The molecule has 1 N–H and O–H groups in total. The summed E-state index contributed by atoms with van der Waals surface area (Å²) in [5, 5.41) is 14.9. The molecular weight excluding hydrogens is 380 g/mol. The summed E-state index contributed by atoms with van der Waals surface area (Å²) in [6, 6.07) is 11.8. The zero-order valence-electron chi connectivity index (χ0n) is 15.0. The average molecular weight is 398 g/mol. The van der Waals surface area contributed by atoms with Gasteiger partial charge in [0.05, 0.1) is 34.8 Å². The summed E-state index contributed by atoms with van der Waals surface area (Å²) in [6.07, 6.45) is -0.0586. The van der Waals surface area contributed by atoms with E-state index in [1.165, 1.54) is 6.07 Å². The largest absolute Gasteiger partial charge is 0.378 e. The van der Waals surface area contributed by atoms with E-state index >= 15 is 0 Å². The zero-order chi connectivity index (χ0) is 19.5. The second-order valence-corrected chi connectivity index (χ2v) is 7.40. The number of anilines is 2. The number of fused-ring (bicyclic) bond motifs is 1. The van der Waals surface area contributed by atoms with E-state index in [-0.39, 0.29) is 18.0 Å². The number of amides is 1. The molecule has 1 aliphatic rings. The minimum atomic E-state index is -0.473. The lowest BCUT2D eigenvalue weighted by atomic mass is 10.1. The number of carbonyl (C=O) groups excluding carboxylic acids is 1. The molecule has 0 atom stereocenters. The molecule has 1 saturated heterocycles. The number of para-hydroxylation sites is 1. The molecule has 2 heterocycles. The predicted octanol–water partition coefficient (Wildman–Crippen LogP) is 3.22. The van der Waals surface area contributed by atoms with Gasteiger partial charge in [0.2, 0.25) is 5.91 Å². The molecule has 0 aliphatic carbocycles. The number of carbonyl (C=O) groups is 1. The van der Waals surface area contributed by atoms with E-state index < -0.39 is 4.92 Å². The molecule has 0 saturated carbocycles. The Labute approximate surface area is 164 Å². The predicted molar refractivity (Wildman–Crippen MR) is 108 cm³/mol. The van der Waals surface area contributed by atoms with Gasteiger partial charge < -0.3 is 15.0 Å². The third-order valence-electron chi connectivity index (χ3n) is 4.48. The summed E-state index contributed by atoms with van der Waals surface area (Å²) in [4.78, 5) is 29.9. The molecule has 1 aliphatic heterocycles. The standard InChI is InChI=1S/C19H18N4O4S/c24-18(11-13-3-1-2-4-16(13)23(25)26)20-14-5-6-15-17(12-14)28-19(21-15)22-7-9-27-10-8-22/h1-6,12H,7-11H2,(H,20,24). The van der Waals surface area contributed by atoms with E-state index in [0.717, 1.165) is 28.4 Å². The van der Waals surface area contributed by atoms with Gasteiger partial charge in [-0.25, -0.2) is 4.98 Å². The van der Waals surface area contributed by atoms with E-state index in [0.29, 0.717) is 24.5 Å². The zero-order valence-corrected chi connectivity index (χ0v) is 15.8. The van der Waals surface area contributed by atoms with Crippen molar-refractivity contribution in [1.82, 2.24) is 4.98 Å². The first-order valence-electron chi connectivity index (χ1n) is 8.85. The summed E-state index contributed by atoms with van der Waals surface area (Å²) >= 11 is 1.57. The maximum Gasteiger partial charge on any atom is 0.273 e. The fourth-order valence-corrected chi connectivity index (χ4v) is 4.15. The smallest absolute Gasteiger partial charge is 0.273 e. The summed E-state index contributed by atoms with van der Waals surface area (Å²) in [6.45, 7) is 3.03. The lowest BCUT2D eigenvalue weighted by molar-refractivity contribution is -0.385. The van der Waals surface area contributed by atoms with Crippen LogP contribution in [-0.4, -0.2) is 42.1 Å². The average Bonchev–Trinajstić information content (AvgIpc) is 3.12. The second-order valence-electron chi connectivity index (χ2n) is 6.39. The molecule has 1 aromatic heterocycles. The molecule has 4 rings (SSSR count). The van der Waals surface area contributed by atoms with Gasteiger partial charge in [-0.15, -0.1) is 0 Å². The van der Waals surface area contributed by atoms with Gasteiger partial charge in [-0.2, -0.15) is 0 Å². The van der Waals surface area contributed by atoms with Crippen LogP contribution in [-0.2, 0) is 16.0 Å². The first-order valence-corrected chi connectivity index (χ1v) is 9.67. The molecule has 0 bridgehead atoms. The molecular formula is C19H18N4O4S. The number of rotatable bonds is 5. The van der Waals surface area contributed by atoms with Crippen LogP contribution in [0.5, 0.6) is 0 Å². The highest BCUT2D eigenvalue weighted by molar-refractivity contribution is 7.22. The summed E-state index contributed by atoms with van der Waals surface area (Å²) in [5.41, 5.74) is 1.86. The number of ether oxygens (including phenoxy) is 1. The maximum atomic E-state index is 12.4. The van der Waals surface area contributed by atoms with E-state index in [4.69, 9.17) is 4.74 Å². The first kappa shape index (κ1) is 18.3. The molecule has 0 unspecified atom stereocenters. The van der Waals surface area contributed by atoms with E-state index in [2.05, 4.69) is 15.2 Å². The molecule has 2 aromatic carbocycles. The lowest BCUT2D eigenvalue weighted by Gasteiger charge is -2.25. The van der Waals surface area contributed by atoms with Crippen LogP contribution in [0.25, 0.3) is 10.2 Å². The van der Waals surface area contributed by atoms with Crippen molar-refractivity contribution < 1.29 is 14.5 Å². The number of benzene rings is 2. The highest BCUT2D eigenvalue weighted by Crippen LogP contribution is 2.31. The van der Waals surface area contributed by atoms with Crippen molar-refractivity contribution >= 4 is 44.0 Å². The molecule has 9 heteroatoms. The van der Waals surface area contributed by atoms with Crippen molar-refractivity contribution in [3.8, 4) is 0 Å². The van der Waals surface area contributed by atoms with Crippen LogP contribution in [0.4, 0.5) is 16.5 Å². The van der Waals surface area contributed by atoms with Crippen molar-refractivity contribution in [1.29, 1.82) is 0 Å². The van der Waals surface area contributed by atoms with Crippen molar-refractivity contribution in [2.24, 2.45) is 0 Å². The van der Waals surface area contributed by atoms with Gasteiger partial charge in [-0.1, -0.05) is 29.5 Å². The van der Waals surface area contributed by atoms with Gasteiger partial charge >= 0.3 is 0 Å². The second kappa shape index (κ2) is 7.91. The van der Waals surface area contributed by atoms with Gasteiger partial charge in [0.15, 0.2) is 5.13 Å². The van der Waals surface area contributed by atoms with Crippen LogP contribution in [0.15, 0.2) is 42.5 Å². The SMILES string of the molecule is O=C(Cc1ccccc1[N+](=O)[O-])Nc1ccc2nc(N3CCOCC3)sc2c1. The topological polar surface area (TPSA) is 97.6 Å². The van der Waals surface area contributed by atoms with Gasteiger partial charge in [0, 0.05) is 30.4 Å². The van der Waals surface area contributed by atoms with Crippen molar-refractivity contribution in [2.45, 2.75) is 6.42 Å². The van der Waals surface area contributed by atoms with E-state index in [1.54, 1.807) is 35.6 Å².